The molecule has 1 rings (SSSR count). The molecule has 1 saturated heterocycles. The Morgan fingerprint density at radius 3 is 2.88 bits per heavy atom. The Labute approximate surface area is 50.2 Å². The highest BCUT2D eigenvalue weighted by Gasteiger charge is 2.19. The lowest BCUT2D eigenvalue weighted by molar-refractivity contribution is 0.292. The van der Waals surface area contributed by atoms with Gasteiger partial charge in [-0.15, -0.1) is 6.58 Å². The van der Waals surface area contributed by atoms with E-state index in [-0.39, 0.29) is 6.10 Å². The second kappa shape index (κ2) is 2.39. The third-order valence-corrected chi connectivity index (χ3v) is 1.53. The number of rotatable bonds is 1. The highest BCUT2D eigenvalue weighted by atomic mass is 32.2. The van der Waals surface area contributed by atoms with Crippen molar-refractivity contribution in [3.63, 3.8) is 0 Å². The van der Waals surface area contributed by atoms with Gasteiger partial charge in [0.05, 0.1) is 6.61 Å². The van der Waals surface area contributed by atoms with Gasteiger partial charge in [-0.25, -0.2) is 0 Å². The molecule has 0 aliphatic carbocycles. The fourth-order valence-electron chi connectivity index (χ4n) is 0.386. The van der Waals surface area contributed by atoms with Gasteiger partial charge < -0.3 is 0 Å². The Kier molecular flexibility index (Phi) is 1.77. The van der Waals surface area contributed by atoms with Gasteiger partial charge >= 0.3 is 11.4 Å². The Balaban J connectivity index is 2.43. The molecular formula is C4H6O3S. The van der Waals surface area contributed by atoms with Gasteiger partial charge in [-0.2, -0.15) is 4.21 Å². The largest absolute Gasteiger partial charge is 0.305 e. The summed E-state index contributed by atoms with van der Waals surface area (Å²) in [6.45, 7) is 3.79. The highest BCUT2D eigenvalue weighted by molar-refractivity contribution is 7.75. The molecule has 46 valence electrons. The molecule has 0 aromatic rings. The lowest BCUT2D eigenvalue weighted by atomic mass is 10.4. The van der Waals surface area contributed by atoms with Crippen LogP contribution in [0.5, 0.6) is 0 Å². The molecule has 1 heterocycles. The molecule has 0 bridgehead atoms. The van der Waals surface area contributed by atoms with Crippen LogP contribution >= 0.6 is 0 Å². The van der Waals surface area contributed by atoms with Crippen LogP contribution in [0.15, 0.2) is 12.7 Å². The first-order valence-electron chi connectivity index (χ1n) is 2.17. The zero-order valence-corrected chi connectivity index (χ0v) is 5.02. The van der Waals surface area contributed by atoms with Crippen molar-refractivity contribution in [1.29, 1.82) is 0 Å². The van der Waals surface area contributed by atoms with Gasteiger partial charge in [0.25, 0.3) is 0 Å². The molecule has 0 aromatic heterocycles. The Morgan fingerprint density at radius 1 is 1.88 bits per heavy atom. The maximum Gasteiger partial charge on any atom is 0.305 e. The Hall–Kier alpha value is -0.190. The highest BCUT2D eigenvalue weighted by Crippen LogP contribution is 2.07. The minimum absolute atomic E-state index is 0.184. The van der Waals surface area contributed by atoms with Gasteiger partial charge in [-0.3, -0.25) is 8.37 Å². The van der Waals surface area contributed by atoms with E-state index in [0.717, 1.165) is 0 Å². The van der Waals surface area contributed by atoms with E-state index in [1.807, 2.05) is 0 Å². The average Bonchev–Trinajstić information content (AvgIpc) is 2.14. The van der Waals surface area contributed by atoms with E-state index < -0.39 is 11.4 Å². The van der Waals surface area contributed by atoms with Gasteiger partial charge in [-0.1, -0.05) is 6.08 Å². The summed E-state index contributed by atoms with van der Waals surface area (Å²) >= 11 is -1.52. The molecule has 4 heteroatoms. The minimum Gasteiger partial charge on any atom is -0.265 e. The van der Waals surface area contributed by atoms with Gasteiger partial charge in [0.1, 0.15) is 6.10 Å². The number of hydrogen-bond acceptors (Lipinski definition) is 3. The average molecular weight is 134 g/mol. The van der Waals surface area contributed by atoms with Crippen LogP contribution in [0.2, 0.25) is 0 Å². The number of hydrogen-bond donors (Lipinski definition) is 0. The zero-order chi connectivity index (χ0) is 5.98. The predicted octanol–water partition coefficient (Wildman–Crippen LogP) is 0.166. The quantitative estimate of drug-likeness (QED) is 0.479. The van der Waals surface area contributed by atoms with Crippen LogP contribution in [-0.4, -0.2) is 16.9 Å². The van der Waals surface area contributed by atoms with Crippen LogP contribution < -0.4 is 0 Å². The predicted molar refractivity (Wildman–Crippen MR) is 29.2 cm³/mol. The second-order valence-electron chi connectivity index (χ2n) is 1.36. The van der Waals surface area contributed by atoms with E-state index in [1.165, 1.54) is 0 Å². The van der Waals surface area contributed by atoms with E-state index in [1.54, 1.807) is 6.08 Å². The van der Waals surface area contributed by atoms with E-state index in [4.69, 9.17) is 0 Å². The molecule has 3 nitrogen and oxygen atoms in total. The summed E-state index contributed by atoms with van der Waals surface area (Å²) in [6.07, 6.45) is 1.38. The Morgan fingerprint density at radius 2 is 2.62 bits per heavy atom. The van der Waals surface area contributed by atoms with Gasteiger partial charge in [-0.05, 0) is 0 Å². The first kappa shape index (κ1) is 5.94. The molecule has 0 aromatic carbocycles. The maximum absolute atomic E-state index is 10.2. The topological polar surface area (TPSA) is 35.5 Å². The van der Waals surface area contributed by atoms with Crippen LogP contribution in [0, 0.1) is 0 Å². The van der Waals surface area contributed by atoms with Crippen LogP contribution in [0.25, 0.3) is 0 Å². The van der Waals surface area contributed by atoms with E-state index in [2.05, 4.69) is 14.9 Å². The molecule has 0 radical (unpaired) electrons. The molecule has 0 amide bonds. The summed E-state index contributed by atoms with van der Waals surface area (Å²) < 4.78 is 19.4. The summed E-state index contributed by atoms with van der Waals surface area (Å²) in [5, 5.41) is 0. The molecule has 1 aliphatic heterocycles. The summed E-state index contributed by atoms with van der Waals surface area (Å²) in [6, 6.07) is 0. The van der Waals surface area contributed by atoms with Gasteiger partial charge in [0.2, 0.25) is 0 Å². The summed E-state index contributed by atoms with van der Waals surface area (Å²) in [5.74, 6) is 0. The summed E-state index contributed by atoms with van der Waals surface area (Å²) in [5.41, 5.74) is 0. The van der Waals surface area contributed by atoms with Gasteiger partial charge in [0.15, 0.2) is 0 Å². The normalized spacial score (nSPS) is 37.5. The van der Waals surface area contributed by atoms with E-state index in [0.29, 0.717) is 6.61 Å². The van der Waals surface area contributed by atoms with E-state index in [9.17, 15) is 4.21 Å². The van der Waals surface area contributed by atoms with Crippen molar-refractivity contribution in [1.82, 2.24) is 0 Å². The van der Waals surface area contributed by atoms with Crippen molar-refractivity contribution in [2.45, 2.75) is 6.10 Å². The molecule has 2 unspecified atom stereocenters. The van der Waals surface area contributed by atoms with Crippen molar-refractivity contribution in [2.24, 2.45) is 0 Å². The van der Waals surface area contributed by atoms with Crippen LogP contribution in [-0.2, 0) is 19.7 Å². The fraction of sp³-hybridized carbons (Fsp3) is 0.500. The second-order valence-corrected chi connectivity index (χ2v) is 2.20. The summed E-state index contributed by atoms with van der Waals surface area (Å²) in [7, 11) is 0. The maximum atomic E-state index is 10.2. The summed E-state index contributed by atoms with van der Waals surface area (Å²) in [4.78, 5) is 0. The van der Waals surface area contributed by atoms with Crippen LogP contribution in [0.3, 0.4) is 0 Å². The van der Waals surface area contributed by atoms with Crippen LogP contribution in [0.4, 0.5) is 0 Å². The van der Waals surface area contributed by atoms with Crippen molar-refractivity contribution in [3.05, 3.63) is 12.7 Å². The fourth-order valence-corrected chi connectivity index (χ4v) is 1.02. The van der Waals surface area contributed by atoms with E-state index >= 15 is 0 Å². The smallest absolute Gasteiger partial charge is 0.265 e. The molecule has 0 N–H and O–H groups in total. The SMILES string of the molecule is C=CC1COS(=O)O1. The molecule has 0 spiro atoms. The Bertz CT molecular complexity index is 122. The zero-order valence-electron chi connectivity index (χ0n) is 4.20. The molecular weight excluding hydrogens is 128 g/mol. The lowest BCUT2D eigenvalue weighted by Gasteiger charge is -1.91. The molecule has 8 heavy (non-hydrogen) atoms. The molecule has 1 aliphatic rings. The monoisotopic (exact) mass is 134 g/mol. The van der Waals surface area contributed by atoms with Crippen molar-refractivity contribution >= 4 is 11.4 Å². The first-order valence-corrected chi connectivity index (χ1v) is 3.17. The molecule has 2 atom stereocenters. The molecule has 1 fully saturated rings. The van der Waals surface area contributed by atoms with Crippen molar-refractivity contribution in [2.75, 3.05) is 6.61 Å². The van der Waals surface area contributed by atoms with Crippen molar-refractivity contribution in [3.8, 4) is 0 Å². The minimum atomic E-state index is -1.52. The lowest BCUT2D eigenvalue weighted by Crippen LogP contribution is -2.02. The van der Waals surface area contributed by atoms with Gasteiger partial charge in [0, 0.05) is 0 Å². The first-order chi connectivity index (χ1) is 3.83. The standard InChI is InChI=1S/C4H6O3S/c1-2-4-3-6-8(5)7-4/h2,4H,1,3H2. The third-order valence-electron chi connectivity index (χ3n) is 0.794. The molecule has 0 saturated carbocycles. The van der Waals surface area contributed by atoms with Crippen LogP contribution in [0.1, 0.15) is 0 Å². The third kappa shape index (κ3) is 1.15. The van der Waals surface area contributed by atoms with Crippen molar-refractivity contribution < 1.29 is 12.6 Å².